The second-order valence-corrected chi connectivity index (χ2v) is 8.18. The third kappa shape index (κ3) is 6.17. The highest BCUT2D eigenvalue weighted by Gasteiger charge is 2.26. The van der Waals surface area contributed by atoms with Gasteiger partial charge in [-0.05, 0) is 41.5 Å². The average molecular weight is 462 g/mol. The van der Waals surface area contributed by atoms with Crippen molar-refractivity contribution in [2.75, 3.05) is 37.6 Å². The minimum absolute atomic E-state index is 0.0968. The molecule has 4 rings (SSSR count). The molecule has 1 aliphatic heterocycles. The maximum atomic E-state index is 13.0. The molecule has 7 nitrogen and oxygen atoms in total. The molecule has 1 aromatic heterocycles. The van der Waals surface area contributed by atoms with Crippen molar-refractivity contribution in [3.05, 3.63) is 96.1 Å². The van der Waals surface area contributed by atoms with E-state index in [2.05, 4.69) is 37.6 Å². The molecule has 8 heteroatoms. The number of aromatic nitrogens is 1. The van der Waals surface area contributed by atoms with Gasteiger partial charge in [0.2, 0.25) is 0 Å². The topological polar surface area (TPSA) is 77.6 Å². The second-order valence-electron chi connectivity index (χ2n) is 8.18. The Morgan fingerprint density at radius 1 is 0.882 bits per heavy atom. The van der Waals surface area contributed by atoms with Crippen molar-refractivity contribution >= 4 is 17.5 Å². The van der Waals surface area contributed by atoms with Gasteiger partial charge in [0.15, 0.2) is 0 Å². The lowest BCUT2D eigenvalue weighted by atomic mass is 10.1. The van der Waals surface area contributed by atoms with E-state index >= 15 is 0 Å². The van der Waals surface area contributed by atoms with E-state index in [1.54, 1.807) is 24.5 Å². The maximum Gasteiger partial charge on any atom is 0.309 e. The highest BCUT2D eigenvalue weighted by atomic mass is 19.1. The van der Waals surface area contributed by atoms with Gasteiger partial charge < -0.3 is 15.5 Å². The first kappa shape index (κ1) is 23.4. The van der Waals surface area contributed by atoms with Crippen molar-refractivity contribution in [2.45, 2.75) is 12.6 Å². The first-order chi connectivity index (χ1) is 16.6. The lowest BCUT2D eigenvalue weighted by Gasteiger charge is -2.40. The Morgan fingerprint density at radius 2 is 1.59 bits per heavy atom. The minimum atomic E-state index is -0.719. The van der Waals surface area contributed by atoms with E-state index in [0.717, 1.165) is 31.7 Å². The van der Waals surface area contributed by atoms with E-state index in [1.165, 1.54) is 17.8 Å². The zero-order valence-electron chi connectivity index (χ0n) is 18.9. The largest absolute Gasteiger partial charge is 0.369 e. The molecule has 2 heterocycles. The number of amides is 2. The quantitative estimate of drug-likeness (QED) is 0.529. The van der Waals surface area contributed by atoms with E-state index in [0.29, 0.717) is 12.1 Å². The van der Waals surface area contributed by atoms with Crippen LogP contribution in [0, 0.1) is 5.82 Å². The van der Waals surface area contributed by atoms with Crippen LogP contribution in [0.15, 0.2) is 79.1 Å². The molecule has 0 aliphatic carbocycles. The fraction of sp³-hybridized carbons (Fsp3) is 0.269. The monoisotopic (exact) mass is 461 g/mol. The molecule has 0 spiro atoms. The molecule has 34 heavy (non-hydrogen) atoms. The lowest BCUT2D eigenvalue weighted by Crippen LogP contribution is -2.50. The van der Waals surface area contributed by atoms with Crippen molar-refractivity contribution in [1.82, 2.24) is 20.5 Å². The summed E-state index contributed by atoms with van der Waals surface area (Å²) >= 11 is 0. The SMILES string of the molecule is O=C(NCc1ccc(F)cc1)C(=O)NCC(c1cccnc1)N1CCN(c2ccccc2)CC1. The zero-order chi connectivity index (χ0) is 23.8. The van der Waals surface area contributed by atoms with Crippen molar-refractivity contribution in [2.24, 2.45) is 0 Å². The normalized spacial score (nSPS) is 14.9. The molecule has 2 aromatic carbocycles. The number of anilines is 1. The number of rotatable bonds is 7. The summed E-state index contributed by atoms with van der Waals surface area (Å²) in [6, 6.07) is 19.8. The van der Waals surface area contributed by atoms with Gasteiger partial charge in [-0.1, -0.05) is 36.4 Å². The van der Waals surface area contributed by atoms with Crippen LogP contribution in [0.1, 0.15) is 17.2 Å². The second kappa shape index (κ2) is 11.4. The smallest absolute Gasteiger partial charge is 0.309 e. The predicted molar refractivity (Wildman–Crippen MR) is 128 cm³/mol. The van der Waals surface area contributed by atoms with E-state index in [9.17, 15) is 14.0 Å². The Labute approximate surface area is 198 Å². The summed E-state index contributed by atoms with van der Waals surface area (Å²) in [5.41, 5.74) is 2.90. The number of piperazine rings is 1. The molecule has 1 fully saturated rings. The van der Waals surface area contributed by atoms with Crippen LogP contribution in [0.25, 0.3) is 0 Å². The molecule has 1 aliphatic rings. The van der Waals surface area contributed by atoms with E-state index in [4.69, 9.17) is 0 Å². The number of nitrogens with one attached hydrogen (secondary N) is 2. The highest BCUT2D eigenvalue weighted by Crippen LogP contribution is 2.23. The number of hydrogen-bond acceptors (Lipinski definition) is 5. The van der Waals surface area contributed by atoms with Crippen LogP contribution >= 0.6 is 0 Å². The number of halogens is 1. The molecular weight excluding hydrogens is 433 g/mol. The summed E-state index contributed by atoms with van der Waals surface area (Å²) in [5.74, 6) is -1.76. The van der Waals surface area contributed by atoms with E-state index in [1.807, 2.05) is 30.3 Å². The van der Waals surface area contributed by atoms with Crippen LogP contribution in [-0.4, -0.2) is 54.4 Å². The van der Waals surface area contributed by atoms with Gasteiger partial charge in [0, 0.05) is 57.3 Å². The number of para-hydroxylation sites is 1. The number of hydrogen-bond donors (Lipinski definition) is 2. The Morgan fingerprint density at radius 3 is 2.26 bits per heavy atom. The van der Waals surface area contributed by atoms with Gasteiger partial charge in [0.1, 0.15) is 5.82 Å². The van der Waals surface area contributed by atoms with Gasteiger partial charge in [-0.25, -0.2) is 4.39 Å². The van der Waals surface area contributed by atoms with Crippen molar-refractivity contribution in [1.29, 1.82) is 0 Å². The third-order valence-electron chi connectivity index (χ3n) is 5.97. The molecule has 1 saturated heterocycles. The highest BCUT2D eigenvalue weighted by molar-refractivity contribution is 6.35. The van der Waals surface area contributed by atoms with Gasteiger partial charge in [-0.2, -0.15) is 0 Å². The first-order valence-corrected chi connectivity index (χ1v) is 11.3. The van der Waals surface area contributed by atoms with Crippen molar-refractivity contribution in [3.63, 3.8) is 0 Å². The summed E-state index contributed by atoms with van der Waals surface area (Å²) in [4.78, 5) is 33.6. The minimum Gasteiger partial charge on any atom is -0.369 e. The molecule has 0 saturated carbocycles. The Bertz CT molecular complexity index is 1070. The lowest BCUT2D eigenvalue weighted by molar-refractivity contribution is -0.139. The summed E-state index contributed by atoms with van der Waals surface area (Å²) in [6.07, 6.45) is 3.52. The Hall–Kier alpha value is -3.78. The molecule has 176 valence electrons. The van der Waals surface area contributed by atoms with E-state index < -0.39 is 11.8 Å². The summed E-state index contributed by atoms with van der Waals surface area (Å²) in [6.45, 7) is 3.82. The number of nitrogens with zero attached hydrogens (tertiary/aromatic N) is 3. The molecule has 2 amide bonds. The van der Waals surface area contributed by atoms with Crippen LogP contribution < -0.4 is 15.5 Å². The number of carbonyl (C=O) groups excluding carboxylic acids is 2. The summed E-state index contributed by atoms with van der Waals surface area (Å²) in [5, 5.41) is 5.35. The predicted octanol–water partition coefficient (Wildman–Crippen LogP) is 2.52. The fourth-order valence-electron chi connectivity index (χ4n) is 4.10. The van der Waals surface area contributed by atoms with Gasteiger partial charge in [0.25, 0.3) is 0 Å². The molecule has 2 N–H and O–H groups in total. The maximum absolute atomic E-state index is 13.0. The van der Waals surface area contributed by atoms with Gasteiger partial charge in [-0.15, -0.1) is 0 Å². The molecule has 3 aromatic rings. The zero-order valence-corrected chi connectivity index (χ0v) is 18.9. The third-order valence-corrected chi connectivity index (χ3v) is 5.97. The van der Waals surface area contributed by atoms with Gasteiger partial charge in [-0.3, -0.25) is 19.5 Å². The standard InChI is InChI=1S/C26H28FN5O2/c27-22-10-8-20(9-11-22)17-29-25(33)26(34)30-19-24(21-5-4-12-28-18-21)32-15-13-31(14-16-32)23-6-2-1-3-7-23/h1-12,18,24H,13-17,19H2,(H,29,33)(H,30,34). The van der Waals surface area contributed by atoms with Crippen LogP contribution in [0.2, 0.25) is 0 Å². The average Bonchev–Trinajstić information content (AvgIpc) is 2.89. The van der Waals surface area contributed by atoms with Crippen LogP contribution in [0.5, 0.6) is 0 Å². The molecule has 1 unspecified atom stereocenters. The summed E-state index contributed by atoms with van der Waals surface area (Å²) < 4.78 is 13.0. The van der Waals surface area contributed by atoms with Crippen LogP contribution in [-0.2, 0) is 16.1 Å². The first-order valence-electron chi connectivity index (χ1n) is 11.3. The van der Waals surface area contributed by atoms with Crippen molar-refractivity contribution < 1.29 is 14.0 Å². The van der Waals surface area contributed by atoms with Crippen LogP contribution in [0.3, 0.4) is 0 Å². The molecule has 1 atom stereocenters. The number of pyridine rings is 1. The van der Waals surface area contributed by atoms with Crippen molar-refractivity contribution in [3.8, 4) is 0 Å². The number of benzene rings is 2. The molecule has 0 radical (unpaired) electrons. The summed E-state index contributed by atoms with van der Waals surface area (Å²) in [7, 11) is 0. The van der Waals surface area contributed by atoms with Gasteiger partial charge >= 0.3 is 11.8 Å². The van der Waals surface area contributed by atoms with E-state index in [-0.39, 0.29) is 18.4 Å². The number of carbonyl (C=O) groups is 2. The molecule has 0 bridgehead atoms. The Balaban J connectivity index is 1.34. The fourth-order valence-corrected chi connectivity index (χ4v) is 4.10. The Kier molecular flexibility index (Phi) is 7.83. The van der Waals surface area contributed by atoms with Gasteiger partial charge in [0.05, 0.1) is 6.04 Å². The molecular formula is C26H28FN5O2. The van der Waals surface area contributed by atoms with Crippen LogP contribution in [0.4, 0.5) is 10.1 Å².